The van der Waals surface area contributed by atoms with E-state index >= 15 is 0 Å². The molecule has 2 heterocycles. The van der Waals surface area contributed by atoms with E-state index in [1.807, 2.05) is 32.2 Å². The maximum Gasteiger partial charge on any atom is 0.257 e. The van der Waals surface area contributed by atoms with Crippen LogP contribution in [0.25, 0.3) is 11.1 Å². The molecule has 1 aliphatic rings. The predicted molar refractivity (Wildman–Crippen MR) is 124 cm³/mol. The van der Waals surface area contributed by atoms with Gasteiger partial charge >= 0.3 is 0 Å². The fraction of sp³-hybridized carbons (Fsp3) is 0.308. The summed E-state index contributed by atoms with van der Waals surface area (Å²) in [5.74, 6) is 0.307. The number of benzene rings is 2. The SMILES string of the molecule is Cc1ncc(C(=O)N2CCN(C)C(=O)[C@H](Cc3ccc(-c4ccccc4)cc3)C2)c(C)n1. The van der Waals surface area contributed by atoms with Gasteiger partial charge in [-0.2, -0.15) is 0 Å². The third-order valence-corrected chi connectivity index (χ3v) is 6.03. The second-order valence-corrected chi connectivity index (χ2v) is 8.39. The van der Waals surface area contributed by atoms with Crippen molar-refractivity contribution in [2.75, 3.05) is 26.7 Å². The van der Waals surface area contributed by atoms with E-state index < -0.39 is 0 Å². The van der Waals surface area contributed by atoms with Gasteiger partial charge in [0, 0.05) is 32.9 Å². The van der Waals surface area contributed by atoms with E-state index in [0.29, 0.717) is 43.1 Å². The highest BCUT2D eigenvalue weighted by molar-refractivity contribution is 5.95. The van der Waals surface area contributed by atoms with Crippen LogP contribution >= 0.6 is 0 Å². The van der Waals surface area contributed by atoms with Crippen LogP contribution in [-0.2, 0) is 11.2 Å². The van der Waals surface area contributed by atoms with Crippen molar-refractivity contribution in [3.63, 3.8) is 0 Å². The van der Waals surface area contributed by atoms with Gasteiger partial charge in [0.15, 0.2) is 0 Å². The summed E-state index contributed by atoms with van der Waals surface area (Å²) < 4.78 is 0. The topological polar surface area (TPSA) is 66.4 Å². The molecule has 0 aliphatic carbocycles. The van der Waals surface area contributed by atoms with Gasteiger partial charge in [0.2, 0.25) is 5.91 Å². The average Bonchev–Trinajstić information content (AvgIpc) is 2.94. The van der Waals surface area contributed by atoms with Gasteiger partial charge in [-0.25, -0.2) is 9.97 Å². The Kier molecular flexibility index (Phi) is 6.30. The van der Waals surface area contributed by atoms with Gasteiger partial charge in [-0.15, -0.1) is 0 Å². The number of carbonyl (C=O) groups is 2. The molecule has 1 saturated heterocycles. The Hall–Kier alpha value is -3.54. The van der Waals surface area contributed by atoms with Crippen molar-refractivity contribution in [3.8, 4) is 11.1 Å². The van der Waals surface area contributed by atoms with Crippen LogP contribution in [0.3, 0.4) is 0 Å². The van der Waals surface area contributed by atoms with Crippen molar-refractivity contribution in [2.24, 2.45) is 5.92 Å². The molecule has 0 unspecified atom stereocenters. The third-order valence-electron chi connectivity index (χ3n) is 6.03. The first-order valence-electron chi connectivity index (χ1n) is 10.9. The lowest BCUT2D eigenvalue weighted by Crippen LogP contribution is -2.37. The summed E-state index contributed by atoms with van der Waals surface area (Å²) in [6.45, 7) is 5.02. The zero-order chi connectivity index (χ0) is 22.7. The Morgan fingerprint density at radius 3 is 2.38 bits per heavy atom. The average molecular weight is 429 g/mol. The Bertz CT molecular complexity index is 1110. The van der Waals surface area contributed by atoms with Gasteiger partial charge in [0.25, 0.3) is 5.91 Å². The van der Waals surface area contributed by atoms with Gasteiger partial charge in [0.1, 0.15) is 5.82 Å². The van der Waals surface area contributed by atoms with Gasteiger partial charge in [-0.05, 0) is 37.0 Å². The lowest BCUT2D eigenvalue weighted by Gasteiger charge is -2.24. The summed E-state index contributed by atoms with van der Waals surface area (Å²) in [5.41, 5.74) is 4.56. The highest BCUT2D eigenvalue weighted by atomic mass is 16.2. The van der Waals surface area contributed by atoms with Crippen molar-refractivity contribution in [1.82, 2.24) is 19.8 Å². The number of aromatic nitrogens is 2. The van der Waals surface area contributed by atoms with E-state index in [0.717, 1.165) is 16.7 Å². The Morgan fingerprint density at radius 2 is 1.69 bits per heavy atom. The molecule has 1 fully saturated rings. The molecule has 6 nitrogen and oxygen atoms in total. The van der Waals surface area contributed by atoms with Crippen LogP contribution in [0.4, 0.5) is 0 Å². The molecule has 2 aromatic carbocycles. The Balaban J connectivity index is 1.53. The molecular formula is C26H28N4O2. The summed E-state index contributed by atoms with van der Waals surface area (Å²) in [6, 6.07) is 18.5. The number of nitrogens with zero attached hydrogens (tertiary/aromatic N) is 4. The lowest BCUT2D eigenvalue weighted by molar-refractivity contribution is -0.133. The minimum atomic E-state index is -0.291. The van der Waals surface area contributed by atoms with E-state index in [4.69, 9.17) is 0 Å². The maximum absolute atomic E-state index is 13.2. The van der Waals surface area contributed by atoms with Crippen LogP contribution in [0.1, 0.15) is 27.4 Å². The van der Waals surface area contributed by atoms with Crippen molar-refractivity contribution in [3.05, 3.63) is 83.4 Å². The normalized spacial score (nSPS) is 16.7. The highest BCUT2D eigenvalue weighted by Crippen LogP contribution is 2.22. The standard InChI is InChI=1S/C26H28N4O2/c1-18-24(16-27-19(2)28-18)26(32)30-14-13-29(3)25(31)23(17-30)15-20-9-11-22(12-10-20)21-7-5-4-6-8-21/h4-12,16,23H,13-15,17H2,1-3H3/t23-/m1/s1. The Morgan fingerprint density at radius 1 is 1.00 bits per heavy atom. The van der Waals surface area contributed by atoms with Crippen LogP contribution in [0.15, 0.2) is 60.8 Å². The van der Waals surface area contributed by atoms with Crippen molar-refractivity contribution in [2.45, 2.75) is 20.3 Å². The number of carbonyl (C=O) groups excluding carboxylic acids is 2. The zero-order valence-corrected chi connectivity index (χ0v) is 18.8. The minimum absolute atomic E-state index is 0.0734. The van der Waals surface area contributed by atoms with Crippen molar-refractivity contribution < 1.29 is 9.59 Å². The molecule has 1 atom stereocenters. The van der Waals surface area contributed by atoms with Crippen LogP contribution in [0.2, 0.25) is 0 Å². The molecule has 164 valence electrons. The molecule has 0 spiro atoms. The maximum atomic E-state index is 13.2. The van der Waals surface area contributed by atoms with E-state index in [1.165, 1.54) is 0 Å². The number of hydrogen-bond acceptors (Lipinski definition) is 4. The van der Waals surface area contributed by atoms with E-state index in [2.05, 4.69) is 46.4 Å². The quantitative estimate of drug-likeness (QED) is 0.638. The molecule has 0 N–H and O–H groups in total. The summed E-state index contributed by atoms with van der Waals surface area (Å²) in [4.78, 5) is 38.3. The second-order valence-electron chi connectivity index (χ2n) is 8.39. The van der Waals surface area contributed by atoms with Crippen LogP contribution in [0.5, 0.6) is 0 Å². The monoisotopic (exact) mass is 428 g/mol. The smallest absolute Gasteiger partial charge is 0.257 e. The largest absolute Gasteiger partial charge is 0.344 e. The van der Waals surface area contributed by atoms with Gasteiger partial charge in [-0.1, -0.05) is 54.6 Å². The molecule has 0 radical (unpaired) electrons. The van der Waals surface area contributed by atoms with Gasteiger partial charge in [-0.3, -0.25) is 9.59 Å². The number of aryl methyl sites for hydroxylation is 2. The second kappa shape index (κ2) is 9.30. The molecule has 6 heteroatoms. The minimum Gasteiger partial charge on any atom is -0.344 e. The highest BCUT2D eigenvalue weighted by Gasteiger charge is 2.31. The molecule has 4 rings (SSSR count). The molecular weight excluding hydrogens is 400 g/mol. The molecule has 2 amide bonds. The van der Waals surface area contributed by atoms with E-state index in [9.17, 15) is 9.59 Å². The van der Waals surface area contributed by atoms with Crippen LogP contribution < -0.4 is 0 Å². The summed E-state index contributed by atoms with van der Waals surface area (Å²) in [7, 11) is 1.81. The van der Waals surface area contributed by atoms with Crippen molar-refractivity contribution >= 4 is 11.8 Å². The zero-order valence-electron chi connectivity index (χ0n) is 18.8. The van der Waals surface area contributed by atoms with Gasteiger partial charge in [0.05, 0.1) is 17.2 Å². The third kappa shape index (κ3) is 4.69. The lowest BCUT2D eigenvalue weighted by atomic mass is 9.95. The number of amides is 2. The van der Waals surface area contributed by atoms with Crippen LogP contribution in [0, 0.1) is 19.8 Å². The first-order valence-corrected chi connectivity index (χ1v) is 10.9. The predicted octanol–water partition coefficient (Wildman–Crippen LogP) is 3.53. The number of likely N-dealkylation sites (N-methyl/N-ethyl adjacent to an activating group) is 1. The molecule has 32 heavy (non-hydrogen) atoms. The van der Waals surface area contributed by atoms with E-state index in [1.54, 1.807) is 22.9 Å². The first kappa shape index (κ1) is 21.7. The fourth-order valence-corrected chi connectivity index (χ4v) is 4.18. The number of hydrogen-bond donors (Lipinski definition) is 0. The van der Waals surface area contributed by atoms with Gasteiger partial charge < -0.3 is 9.80 Å². The summed E-state index contributed by atoms with van der Waals surface area (Å²) in [6.07, 6.45) is 2.18. The van der Waals surface area contributed by atoms with E-state index in [-0.39, 0.29) is 17.7 Å². The molecule has 1 aliphatic heterocycles. The summed E-state index contributed by atoms with van der Waals surface area (Å²) >= 11 is 0. The molecule has 0 bridgehead atoms. The molecule has 3 aromatic rings. The fourth-order valence-electron chi connectivity index (χ4n) is 4.18. The van der Waals surface area contributed by atoms with Crippen molar-refractivity contribution in [1.29, 1.82) is 0 Å². The Labute approximate surface area is 188 Å². The molecule has 0 saturated carbocycles. The summed E-state index contributed by atoms with van der Waals surface area (Å²) in [5, 5.41) is 0. The number of rotatable bonds is 4. The van der Waals surface area contributed by atoms with Crippen LogP contribution in [-0.4, -0.2) is 58.3 Å². The molecule has 1 aromatic heterocycles. The first-order chi connectivity index (χ1) is 15.4.